The van der Waals surface area contributed by atoms with Crippen molar-refractivity contribution in [3.63, 3.8) is 0 Å². The Bertz CT molecular complexity index is 1300. The molecule has 0 saturated heterocycles. The summed E-state index contributed by atoms with van der Waals surface area (Å²) >= 11 is 0. The van der Waals surface area contributed by atoms with Crippen LogP contribution in [0.4, 0.5) is 5.69 Å². The maximum absolute atomic E-state index is 12.4. The van der Waals surface area contributed by atoms with Crippen molar-refractivity contribution in [2.75, 3.05) is 38.4 Å². The molecule has 1 rings (SSSR count). The third-order valence-corrected chi connectivity index (χ3v) is 5.95. The molecular weight excluding hydrogens is 678 g/mol. The van der Waals surface area contributed by atoms with Crippen molar-refractivity contribution < 1.29 is 77.0 Å². The number of anilines is 1. The van der Waals surface area contributed by atoms with Gasteiger partial charge in [-0.15, -0.1) is 20.2 Å². The lowest BCUT2D eigenvalue weighted by molar-refractivity contribution is -0.757. The third-order valence-electron chi connectivity index (χ3n) is 5.95. The lowest BCUT2D eigenvalue weighted by Gasteiger charge is -2.18. The largest absolute Gasteiger partial charge is 0.454 e. The van der Waals surface area contributed by atoms with E-state index in [0.29, 0.717) is 45.3 Å². The first-order valence-corrected chi connectivity index (χ1v) is 15.2. The lowest BCUT2D eigenvalue weighted by atomic mass is 10.2. The SMILES string of the molecule is CC(OC(=O)CCCCCOCCCCO[N+](=O)[O-])C(=O)OC(C)C(=O)OC(C)C(=O)Oc1ccc(NC(=O)COC(=O)CO[N+](=O)[O-])cc1. The van der Waals surface area contributed by atoms with Gasteiger partial charge in [-0.05, 0) is 70.7 Å². The number of hydrogen-bond donors (Lipinski definition) is 1. The molecule has 1 aromatic rings. The molecule has 0 heterocycles. The van der Waals surface area contributed by atoms with Crippen LogP contribution >= 0.6 is 0 Å². The van der Waals surface area contributed by atoms with Gasteiger partial charge in [-0.3, -0.25) is 9.59 Å². The van der Waals surface area contributed by atoms with Crippen LogP contribution in [-0.2, 0) is 62.1 Å². The summed E-state index contributed by atoms with van der Waals surface area (Å²) in [5.41, 5.74) is 0.221. The molecule has 0 aromatic heterocycles. The van der Waals surface area contributed by atoms with Crippen LogP contribution < -0.4 is 10.1 Å². The highest BCUT2D eigenvalue weighted by atomic mass is 17.0. The number of amides is 1. The maximum atomic E-state index is 12.4. The number of esters is 5. The zero-order chi connectivity index (χ0) is 37.5. The van der Waals surface area contributed by atoms with Gasteiger partial charge in [0, 0.05) is 25.3 Å². The summed E-state index contributed by atoms with van der Waals surface area (Å²) in [5, 5.41) is 20.4. The van der Waals surface area contributed by atoms with E-state index in [0.717, 1.165) is 0 Å². The van der Waals surface area contributed by atoms with Crippen LogP contribution in [0.5, 0.6) is 5.75 Å². The summed E-state index contributed by atoms with van der Waals surface area (Å²) in [5.74, 6) is -5.59. The smallest absolute Gasteiger partial charge is 0.352 e. The average molecular weight is 718 g/mol. The zero-order valence-electron chi connectivity index (χ0n) is 27.6. The molecule has 0 saturated carbocycles. The molecule has 3 atom stereocenters. The number of nitrogens with one attached hydrogen (secondary N) is 1. The number of nitrogens with zero attached hydrogens (tertiary/aromatic N) is 2. The van der Waals surface area contributed by atoms with E-state index in [2.05, 4.69) is 19.7 Å². The van der Waals surface area contributed by atoms with Crippen molar-refractivity contribution in [3.05, 3.63) is 44.5 Å². The predicted octanol–water partition coefficient (Wildman–Crippen LogP) is 1.64. The fraction of sp³-hybridized carbons (Fsp3) is 0.586. The first kappa shape index (κ1) is 42.4. The van der Waals surface area contributed by atoms with Gasteiger partial charge in [-0.2, -0.15) is 0 Å². The Morgan fingerprint density at radius 3 is 1.80 bits per heavy atom. The molecule has 0 fully saturated rings. The van der Waals surface area contributed by atoms with Crippen molar-refractivity contribution in [1.82, 2.24) is 0 Å². The fourth-order valence-corrected chi connectivity index (χ4v) is 3.43. The zero-order valence-corrected chi connectivity index (χ0v) is 27.6. The minimum atomic E-state index is -1.46. The van der Waals surface area contributed by atoms with E-state index in [1.165, 1.54) is 45.0 Å². The summed E-state index contributed by atoms with van der Waals surface area (Å²) in [6.45, 7) is 2.86. The molecule has 0 spiro atoms. The summed E-state index contributed by atoms with van der Waals surface area (Å²) in [4.78, 5) is 100. The molecule has 0 aliphatic heterocycles. The van der Waals surface area contributed by atoms with Crippen LogP contribution in [0, 0.1) is 20.2 Å². The molecule has 278 valence electrons. The molecule has 21 nitrogen and oxygen atoms in total. The van der Waals surface area contributed by atoms with E-state index in [4.69, 9.17) is 23.7 Å². The normalized spacial score (nSPS) is 12.2. The number of carbonyl (C=O) groups excluding carboxylic acids is 6. The Morgan fingerprint density at radius 1 is 0.660 bits per heavy atom. The second-order valence-corrected chi connectivity index (χ2v) is 10.1. The van der Waals surface area contributed by atoms with Gasteiger partial charge < -0.3 is 43.4 Å². The van der Waals surface area contributed by atoms with Gasteiger partial charge >= 0.3 is 29.8 Å². The highest BCUT2D eigenvalue weighted by Gasteiger charge is 2.28. The second-order valence-electron chi connectivity index (χ2n) is 10.1. The van der Waals surface area contributed by atoms with Crippen LogP contribution in [0.3, 0.4) is 0 Å². The van der Waals surface area contributed by atoms with Gasteiger partial charge in [0.1, 0.15) is 5.75 Å². The van der Waals surface area contributed by atoms with E-state index in [1.54, 1.807) is 0 Å². The van der Waals surface area contributed by atoms with Crippen LogP contribution in [0.2, 0.25) is 0 Å². The molecule has 3 unspecified atom stereocenters. The van der Waals surface area contributed by atoms with Crippen molar-refractivity contribution >= 4 is 41.4 Å². The summed E-state index contributed by atoms with van der Waals surface area (Å²) in [6, 6.07) is 5.28. The minimum absolute atomic E-state index is 0.0115. The van der Waals surface area contributed by atoms with Crippen LogP contribution in [-0.4, -0.2) is 97.3 Å². The molecule has 0 aliphatic rings. The second kappa shape index (κ2) is 23.7. The molecule has 0 bridgehead atoms. The van der Waals surface area contributed by atoms with Crippen LogP contribution in [0.25, 0.3) is 0 Å². The van der Waals surface area contributed by atoms with Crippen LogP contribution in [0.15, 0.2) is 24.3 Å². The fourth-order valence-electron chi connectivity index (χ4n) is 3.43. The number of carbonyl (C=O) groups is 6. The Labute approximate surface area is 284 Å². The molecule has 1 N–H and O–H groups in total. The monoisotopic (exact) mass is 717 g/mol. The van der Waals surface area contributed by atoms with Gasteiger partial charge in [0.25, 0.3) is 16.1 Å². The molecule has 1 amide bonds. The minimum Gasteiger partial charge on any atom is -0.454 e. The molecule has 1 aromatic carbocycles. The highest BCUT2D eigenvalue weighted by Crippen LogP contribution is 2.17. The quantitative estimate of drug-likeness (QED) is 0.0376. The van der Waals surface area contributed by atoms with Gasteiger partial charge in [0.05, 0.1) is 6.61 Å². The van der Waals surface area contributed by atoms with E-state index in [-0.39, 0.29) is 24.5 Å². The Morgan fingerprint density at radius 2 is 1.20 bits per heavy atom. The average Bonchev–Trinajstić information content (AvgIpc) is 3.05. The number of unbranched alkanes of at least 4 members (excludes halogenated alkanes) is 3. The van der Waals surface area contributed by atoms with E-state index in [1.807, 2.05) is 0 Å². The first-order chi connectivity index (χ1) is 23.7. The standard InChI is InChI=1S/C29H39N3O18/c1-19(47-25(34)9-5-4-6-14-43-15-7-8-16-45-31(39)40)27(36)48-20(2)28(37)49-21(3)29(38)50-23-12-10-22(11-13-23)30-24(33)17-44-26(35)18-46-32(41)42/h10-13,19-21H,4-9,14-18H2,1-3H3,(H,30,33). The molecule has 50 heavy (non-hydrogen) atoms. The Balaban J connectivity index is 2.30. The van der Waals surface area contributed by atoms with Crippen molar-refractivity contribution in [3.8, 4) is 5.75 Å². The number of hydrogen-bond acceptors (Lipinski definition) is 18. The van der Waals surface area contributed by atoms with E-state index >= 15 is 0 Å². The van der Waals surface area contributed by atoms with Gasteiger partial charge in [0.15, 0.2) is 31.5 Å². The molecular formula is C29H39N3O18. The van der Waals surface area contributed by atoms with Crippen molar-refractivity contribution in [1.29, 1.82) is 0 Å². The number of rotatable bonds is 25. The van der Waals surface area contributed by atoms with Crippen molar-refractivity contribution in [2.24, 2.45) is 0 Å². The Kier molecular flexibility index (Phi) is 20.1. The summed E-state index contributed by atoms with van der Waals surface area (Å²) < 4.78 is 30.1. The lowest BCUT2D eigenvalue weighted by Crippen LogP contribution is -2.36. The topological polar surface area (TPSA) is 275 Å². The predicted molar refractivity (Wildman–Crippen MR) is 163 cm³/mol. The van der Waals surface area contributed by atoms with E-state index in [9.17, 15) is 49.0 Å². The van der Waals surface area contributed by atoms with Gasteiger partial charge in [-0.25, -0.2) is 19.2 Å². The molecule has 0 radical (unpaired) electrons. The van der Waals surface area contributed by atoms with E-state index < -0.39 is 77.5 Å². The van der Waals surface area contributed by atoms with Gasteiger partial charge in [-0.1, -0.05) is 6.42 Å². The highest BCUT2D eigenvalue weighted by molar-refractivity contribution is 5.93. The molecule has 21 heteroatoms. The first-order valence-electron chi connectivity index (χ1n) is 15.2. The summed E-state index contributed by atoms with van der Waals surface area (Å²) in [7, 11) is 0. The number of ether oxygens (including phenoxy) is 6. The molecule has 0 aliphatic carbocycles. The number of benzene rings is 1. The summed E-state index contributed by atoms with van der Waals surface area (Å²) in [6.07, 6.45) is -1.26. The third kappa shape index (κ3) is 19.9. The van der Waals surface area contributed by atoms with Gasteiger partial charge in [0.2, 0.25) is 0 Å². The Hall–Kier alpha value is -5.60. The van der Waals surface area contributed by atoms with Crippen molar-refractivity contribution in [2.45, 2.75) is 77.6 Å². The maximum Gasteiger partial charge on any atom is 0.352 e. The van der Waals surface area contributed by atoms with Crippen LogP contribution in [0.1, 0.15) is 59.3 Å².